The van der Waals surface area contributed by atoms with Gasteiger partial charge in [0.25, 0.3) is 5.91 Å². The number of halogens is 1. The molecule has 2 heterocycles. The molecule has 36 heavy (non-hydrogen) atoms. The van der Waals surface area contributed by atoms with E-state index in [1.807, 2.05) is 42.2 Å². The average molecular weight is 525 g/mol. The summed E-state index contributed by atoms with van der Waals surface area (Å²) in [7, 11) is -3.76. The summed E-state index contributed by atoms with van der Waals surface area (Å²) < 4.78 is 30.0. The van der Waals surface area contributed by atoms with Gasteiger partial charge in [0.05, 0.1) is 24.7 Å². The molecule has 0 aliphatic carbocycles. The van der Waals surface area contributed by atoms with E-state index >= 15 is 0 Å². The molecule has 1 N–H and O–H groups in total. The van der Waals surface area contributed by atoms with Gasteiger partial charge in [-0.25, -0.2) is 18.4 Å². The fraction of sp³-hybridized carbons (Fsp3) is 0.192. The Kier molecular flexibility index (Phi) is 7.42. The number of sulfone groups is 1. The SMILES string of the molecule is Cc1ccc(CN(Cc2ccco2)c2cnc(S(C)(=O)=O)nc2C(=O)Nc2cccc(Cl)c2C)cc1. The van der Waals surface area contributed by atoms with Gasteiger partial charge in [0.1, 0.15) is 5.76 Å². The second-order valence-corrected chi connectivity index (χ2v) is 10.8. The summed E-state index contributed by atoms with van der Waals surface area (Å²) in [6.07, 6.45) is 3.93. The lowest BCUT2D eigenvalue weighted by molar-refractivity contribution is 0.102. The van der Waals surface area contributed by atoms with Crippen molar-refractivity contribution in [3.8, 4) is 0 Å². The Labute approximate surface area is 214 Å². The molecule has 0 aliphatic heterocycles. The van der Waals surface area contributed by atoms with Crippen LogP contribution in [0.25, 0.3) is 0 Å². The number of furan rings is 1. The number of aromatic nitrogens is 2. The smallest absolute Gasteiger partial charge is 0.276 e. The Morgan fingerprint density at radius 1 is 1.06 bits per heavy atom. The molecule has 0 aliphatic rings. The minimum atomic E-state index is -3.76. The number of carbonyl (C=O) groups is 1. The highest BCUT2D eigenvalue weighted by atomic mass is 35.5. The number of rotatable bonds is 8. The van der Waals surface area contributed by atoms with Gasteiger partial charge in [0, 0.05) is 23.5 Å². The quantitative estimate of drug-likeness (QED) is 0.316. The van der Waals surface area contributed by atoms with Gasteiger partial charge in [-0.3, -0.25) is 4.79 Å². The Bertz CT molecular complexity index is 1490. The molecule has 0 saturated carbocycles. The van der Waals surface area contributed by atoms with E-state index in [0.29, 0.717) is 40.8 Å². The highest BCUT2D eigenvalue weighted by molar-refractivity contribution is 7.90. The molecule has 2 aromatic carbocycles. The zero-order chi connectivity index (χ0) is 25.9. The maximum absolute atomic E-state index is 13.5. The van der Waals surface area contributed by atoms with Gasteiger partial charge < -0.3 is 14.6 Å². The minimum Gasteiger partial charge on any atom is -0.467 e. The summed E-state index contributed by atoms with van der Waals surface area (Å²) in [5, 5.41) is 2.87. The Morgan fingerprint density at radius 3 is 2.47 bits per heavy atom. The van der Waals surface area contributed by atoms with Gasteiger partial charge in [0.15, 0.2) is 5.69 Å². The van der Waals surface area contributed by atoms with Crippen LogP contribution in [0.15, 0.2) is 76.6 Å². The minimum absolute atomic E-state index is 0.0801. The van der Waals surface area contributed by atoms with Crippen molar-refractivity contribution in [2.75, 3.05) is 16.5 Å². The first kappa shape index (κ1) is 25.4. The van der Waals surface area contributed by atoms with E-state index in [2.05, 4.69) is 15.3 Å². The van der Waals surface area contributed by atoms with E-state index in [4.69, 9.17) is 16.0 Å². The molecule has 0 unspecified atom stereocenters. The lowest BCUT2D eigenvalue weighted by atomic mass is 10.1. The molecule has 0 spiro atoms. The zero-order valence-corrected chi connectivity index (χ0v) is 21.6. The predicted octanol–water partition coefficient (Wildman–Crippen LogP) is 5.20. The molecule has 0 fully saturated rings. The Hall–Kier alpha value is -3.69. The summed E-state index contributed by atoms with van der Waals surface area (Å²) in [4.78, 5) is 23.6. The van der Waals surface area contributed by atoms with Crippen LogP contribution < -0.4 is 10.2 Å². The number of anilines is 2. The van der Waals surface area contributed by atoms with E-state index in [1.54, 1.807) is 37.5 Å². The van der Waals surface area contributed by atoms with E-state index in [-0.39, 0.29) is 5.69 Å². The second kappa shape index (κ2) is 10.5. The normalized spacial score (nSPS) is 11.3. The number of hydrogen-bond acceptors (Lipinski definition) is 7. The fourth-order valence-electron chi connectivity index (χ4n) is 3.59. The lowest BCUT2D eigenvalue weighted by Crippen LogP contribution is -2.27. The van der Waals surface area contributed by atoms with Gasteiger partial charge in [-0.1, -0.05) is 47.5 Å². The van der Waals surface area contributed by atoms with Crippen LogP contribution >= 0.6 is 11.6 Å². The summed E-state index contributed by atoms with van der Waals surface area (Å²) >= 11 is 6.22. The molecule has 4 aromatic rings. The molecular formula is C26H25ClN4O4S. The number of nitrogens with zero attached hydrogens (tertiary/aromatic N) is 3. The van der Waals surface area contributed by atoms with Gasteiger partial charge in [0.2, 0.25) is 15.0 Å². The largest absolute Gasteiger partial charge is 0.467 e. The molecule has 1 amide bonds. The molecule has 10 heteroatoms. The van der Waals surface area contributed by atoms with Gasteiger partial charge >= 0.3 is 0 Å². The number of carbonyl (C=O) groups excluding carboxylic acids is 1. The van der Waals surface area contributed by atoms with E-state index in [0.717, 1.165) is 17.4 Å². The highest BCUT2D eigenvalue weighted by Gasteiger charge is 2.24. The monoisotopic (exact) mass is 524 g/mol. The number of benzene rings is 2. The first-order valence-electron chi connectivity index (χ1n) is 11.1. The van der Waals surface area contributed by atoms with Gasteiger partial charge in [-0.15, -0.1) is 0 Å². The molecule has 0 saturated heterocycles. The van der Waals surface area contributed by atoms with Crippen molar-refractivity contribution >= 4 is 38.7 Å². The number of aryl methyl sites for hydroxylation is 1. The van der Waals surface area contributed by atoms with Crippen LogP contribution in [0.3, 0.4) is 0 Å². The Balaban J connectivity index is 1.80. The second-order valence-electron chi connectivity index (χ2n) is 8.45. The number of amides is 1. The van der Waals surface area contributed by atoms with E-state index in [9.17, 15) is 13.2 Å². The van der Waals surface area contributed by atoms with Crippen LogP contribution in [0.5, 0.6) is 0 Å². The lowest BCUT2D eigenvalue weighted by Gasteiger charge is -2.25. The van der Waals surface area contributed by atoms with Crippen LogP contribution in [0, 0.1) is 13.8 Å². The molecule has 0 bridgehead atoms. The maximum atomic E-state index is 13.5. The molecular weight excluding hydrogens is 500 g/mol. The van der Waals surface area contributed by atoms with Crippen molar-refractivity contribution in [2.24, 2.45) is 0 Å². The first-order valence-corrected chi connectivity index (χ1v) is 13.3. The molecule has 2 aromatic heterocycles. The third-order valence-electron chi connectivity index (χ3n) is 5.57. The van der Waals surface area contributed by atoms with Crippen molar-refractivity contribution < 1.29 is 17.6 Å². The predicted molar refractivity (Wildman–Crippen MR) is 139 cm³/mol. The molecule has 186 valence electrons. The topological polar surface area (TPSA) is 105 Å². The first-order chi connectivity index (χ1) is 17.1. The van der Waals surface area contributed by atoms with Crippen LogP contribution in [0.2, 0.25) is 5.02 Å². The van der Waals surface area contributed by atoms with E-state index in [1.165, 1.54) is 6.20 Å². The summed E-state index contributed by atoms with van der Waals surface area (Å²) in [5.41, 5.74) is 3.55. The molecule has 0 atom stereocenters. The standard InChI is InChI=1S/C26H25ClN4O4S/c1-17-9-11-19(12-10-17)15-31(16-20-6-5-13-35-20)23-14-28-26(36(3,33)34)30-24(23)25(32)29-22-8-4-7-21(27)18(22)2/h4-14H,15-16H2,1-3H3,(H,29,32). The van der Waals surface area contributed by atoms with Crippen molar-refractivity contribution in [3.05, 3.63) is 100 Å². The highest BCUT2D eigenvalue weighted by Crippen LogP contribution is 2.27. The summed E-state index contributed by atoms with van der Waals surface area (Å²) in [6, 6.07) is 16.7. The number of hydrogen-bond donors (Lipinski definition) is 1. The zero-order valence-electron chi connectivity index (χ0n) is 20.0. The maximum Gasteiger partial charge on any atom is 0.276 e. The van der Waals surface area contributed by atoms with Crippen LogP contribution in [-0.4, -0.2) is 30.5 Å². The third kappa shape index (κ3) is 5.92. The number of nitrogens with one attached hydrogen (secondary N) is 1. The van der Waals surface area contributed by atoms with Gasteiger partial charge in [-0.05, 0) is 49.2 Å². The van der Waals surface area contributed by atoms with Crippen molar-refractivity contribution in [1.29, 1.82) is 0 Å². The Morgan fingerprint density at radius 2 is 1.81 bits per heavy atom. The van der Waals surface area contributed by atoms with Crippen molar-refractivity contribution in [2.45, 2.75) is 32.1 Å². The van der Waals surface area contributed by atoms with Crippen molar-refractivity contribution in [1.82, 2.24) is 9.97 Å². The summed E-state index contributed by atoms with van der Waals surface area (Å²) in [6.45, 7) is 4.49. The fourth-order valence-corrected chi connectivity index (χ4v) is 4.27. The molecule has 4 rings (SSSR count). The van der Waals surface area contributed by atoms with Crippen molar-refractivity contribution in [3.63, 3.8) is 0 Å². The van der Waals surface area contributed by atoms with E-state index < -0.39 is 20.9 Å². The third-order valence-corrected chi connectivity index (χ3v) is 6.84. The van der Waals surface area contributed by atoms with Crippen LogP contribution in [-0.2, 0) is 22.9 Å². The van der Waals surface area contributed by atoms with Gasteiger partial charge in [-0.2, -0.15) is 0 Å². The average Bonchev–Trinajstić information content (AvgIpc) is 3.35. The molecule has 8 nitrogen and oxygen atoms in total. The van der Waals surface area contributed by atoms with Crippen LogP contribution in [0.4, 0.5) is 11.4 Å². The molecule has 0 radical (unpaired) electrons. The van der Waals surface area contributed by atoms with Crippen LogP contribution in [0.1, 0.15) is 32.9 Å². The summed E-state index contributed by atoms with van der Waals surface area (Å²) in [5.74, 6) is 0.0716.